The maximum Gasteiger partial charge on any atom is 0.307 e. The van der Waals surface area contributed by atoms with Gasteiger partial charge in [0.2, 0.25) is 10.0 Å². The zero-order chi connectivity index (χ0) is 18.7. The molecule has 1 aromatic carbocycles. The number of carboxylic acids is 1. The lowest BCUT2D eigenvalue weighted by Crippen LogP contribution is -2.52. The van der Waals surface area contributed by atoms with E-state index in [4.69, 9.17) is 0 Å². The number of carbonyl (C=O) groups excluding carboxylic acids is 1. The minimum Gasteiger partial charge on any atom is -0.481 e. The number of aliphatic carboxylic acids is 1. The van der Waals surface area contributed by atoms with E-state index in [0.717, 1.165) is 0 Å². The van der Waals surface area contributed by atoms with Crippen molar-refractivity contribution in [2.24, 2.45) is 5.92 Å². The van der Waals surface area contributed by atoms with Crippen LogP contribution in [-0.2, 0) is 14.8 Å². The highest BCUT2D eigenvalue weighted by Gasteiger charge is 2.39. The molecule has 2 aliphatic heterocycles. The molecule has 7 nitrogen and oxygen atoms in total. The fraction of sp³-hybridized carbons (Fsp3) is 0.556. The van der Waals surface area contributed by atoms with Crippen LogP contribution in [0.3, 0.4) is 0 Å². The molecule has 26 heavy (non-hydrogen) atoms. The van der Waals surface area contributed by atoms with E-state index in [0.29, 0.717) is 44.3 Å². The van der Waals surface area contributed by atoms with Gasteiger partial charge in [-0.2, -0.15) is 0 Å². The summed E-state index contributed by atoms with van der Waals surface area (Å²) in [6.07, 6.45) is 2.17. The molecule has 8 heteroatoms. The summed E-state index contributed by atoms with van der Waals surface area (Å²) in [6, 6.07) is 8.84. The van der Waals surface area contributed by atoms with Gasteiger partial charge >= 0.3 is 5.97 Å². The van der Waals surface area contributed by atoms with Gasteiger partial charge < -0.3 is 10.0 Å². The fourth-order valence-corrected chi connectivity index (χ4v) is 5.74. The number of likely N-dealkylation sites (tertiary alicyclic amines) is 1. The highest BCUT2D eigenvalue weighted by Crippen LogP contribution is 2.26. The summed E-state index contributed by atoms with van der Waals surface area (Å²) in [4.78, 5) is 25.5. The van der Waals surface area contributed by atoms with Gasteiger partial charge in [0.05, 0.1) is 11.2 Å². The van der Waals surface area contributed by atoms with Crippen LogP contribution in [0.1, 0.15) is 36.0 Å². The predicted octanol–water partition coefficient (Wildman–Crippen LogP) is 1.42. The molecular weight excluding hydrogens is 356 g/mol. The van der Waals surface area contributed by atoms with Gasteiger partial charge in [-0.25, -0.2) is 12.7 Å². The molecule has 2 saturated heterocycles. The molecule has 2 aliphatic rings. The minimum absolute atomic E-state index is 0.0286. The first-order valence-corrected chi connectivity index (χ1v) is 10.5. The van der Waals surface area contributed by atoms with Crippen molar-refractivity contribution in [3.63, 3.8) is 0 Å². The van der Waals surface area contributed by atoms with Crippen LogP contribution in [0, 0.1) is 5.92 Å². The van der Waals surface area contributed by atoms with Gasteiger partial charge in [0, 0.05) is 31.7 Å². The number of piperidine rings is 2. The molecule has 0 bridgehead atoms. The summed E-state index contributed by atoms with van der Waals surface area (Å²) in [6.45, 7) is 1.08. The molecular formula is C18H24N2O5S. The maximum absolute atomic E-state index is 13.0. The average molecular weight is 380 g/mol. The second-order valence-corrected chi connectivity index (χ2v) is 9.17. The highest BCUT2D eigenvalue weighted by atomic mass is 32.2. The number of carbonyl (C=O) groups is 2. The third-order valence-electron chi connectivity index (χ3n) is 5.20. The number of rotatable bonds is 4. The second-order valence-electron chi connectivity index (χ2n) is 6.96. The van der Waals surface area contributed by atoms with Crippen LogP contribution >= 0.6 is 0 Å². The van der Waals surface area contributed by atoms with E-state index in [-0.39, 0.29) is 19.0 Å². The summed E-state index contributed by atoms with van der Waals surface area (Å²) >= 11 is 0. The van der Waals surface area contributed by atoms with E-state index in [2.05, 4.69) is 0 Å². The molecule has 2 fully saturated rings. The lowest BCUT2D eigenvalue weighted by molar-refractivity contribution is -0.142. The van der Waals surface area contributed by atoms with E-state index in [1.54, 1.807) is 29.2 Å². The molecule has 1 aromatic rings. The Morgan fingerprint density at radius 1 is 1.00 bits per heavy atom. The zero-order valence-electron chi connectivity index (χ0n) is 14.6. The molecule has 0 aliphatic carbocycles. The van der Waals surface area contributed by atoms with Crippen molar-refractivity contribution < 1.29 is 23.1 Å². The molecule has 2 heterocycles. The Labute approximate surface area is 153 Å². The Balaban J connectivity index is 1.72. The number of nitrogens with zero attached hydrogens (tertiary/aromatic N) is 2. The maximum atomic E-state index is 13.0. The number of carboxylic acid groups (broad SMARTS) is 1. The van der Waals surface area contributed by atoms with Crippen molar-refractivity contribution in [3.05, 3.63) is 35.9 Å². The molecule has 2 atom stereocenters. The topological polar surface area (TPSA) is 95.0 Å². The molecule has 1 amide bonds. The van der Waals surface area contributed by atoms with Crippen LogP contribution in [0.25, 0.3) is 0 Å². The van der Waals surface area contributed by atoms with Crippen molar-refractivity contribution in [1.29, 1.82) is 0 Å². The molecule has 0 aromatic heterocycles. The Kier molecular flexibility index (Phi) is 5.62. The summed E-state index contributed by atoms with van der Waals surface area (Å²) in [5.41, 5.74) is 0.550. The lowest BCUT2D eigenvalue weighted by Gasteiger charge is -2.37. The predicted molar refractivity (Wildman–Crippen MR) is 96.2 cm³/mol. The van der Waals surface area contributed by atoms with Gasteiger partial charge in [0.15, 0.2) is 0 Å². The molecule has 0 spiro atoms. The third kappa shape index (κ3) is 3.91. The number of benzene rings is 1. The first-order chi connectivity index (χ1) is 12.4. The fourth-order valence-electron chi connectivity index (χ4n) is 3.72. The van der Waals surface area contributed by atoms with Gasteiger partial charge in [0.25, 0.3) is 5.91 Å². The van der Waals surface area contributed by atoms with E-state index < -0.39 is 27.2 Å². The van der Waals surface area contributed by atoms with Crippen molar-refractivity contribution >= 4 is 21.9 Å². The highest BCUT2D eigenvalue weighted by molar-refractivity contribution is 7.89. The first-order valence-electron chi connectivity index (χ1n) is 8.95. The van der Waals surface area contributed by atoms with E-state index >= 15 is 0 Å². The van der Waals surface area contributed by atoms with Gasteiger partial charge in [0.1, 0.15) is 0 Å². The molecule has 0 saturated carbocycles. The van der Waals surface area contributed by atoms with E-state index in [9.17, 15) is 23.1 Å². The van der Waals surface area contributed by atoms with Crippen LogP contribution in [0.2, 0.25) is 0 Å². The third-order valence-corrected chi connectivity index (χ3v) is 7.48. The van der Waals surface area contributed by atoms with Crippen LogP contribution in [0.15, 0.2) is 30.3 Å². The van der Waals surface area contributed by atoms with Crippen LogP contribution in [0.5, 0.6) is 0 Å². The monoisotopic (exact) mass is 380 g/mol. The van der Waals surface area contributed by atoms with E-state index in [1.807, 2.05) is 6.07 Å². The van der Waals surface area contributed by atoms with Gasteiger partial charge in [-0.05, 0) is 37.8 Å². The number of hydrogen-bond acceptors (Lipinski definition) is 4. The van der Waals surface area contributed by atoms with Gasteiger partial charge in [-0.15, -0.1) is 0 Å². The van der Waals surface area contributed by atoms with Gasteiger partial charge in [-0.3, -0.25) is 9.59 Å². The zero-order valence-corrected chi connectivity index (χ0v) is 15.4. The molecule has 0 radical (unpaired) electrons. The Morgan fingerprint density at radius 3 is 2.38 bits per heavy atom. The lowest BCUT2D eigenvalue weighted by atomic mass is 10.0. The summed E-state index contributed by atoms with van der Waals surface area (Å²) in [5, 5.41) is 8.53. The van der Waals surface area contributed by atoms with Crippen molar-refractivity contribution in [2.45, 2.75) is 30.9 Å². The largest absolute Gasteiger partial charge is 0.481 e. The first kappa shape index (κ1) is 18.8. The summed E-state index contributed by atoms with van der Waals surface area (Å²) < 4.78 is 27.3. The number of hydrogen-bond donors (Lipinski definition) is 1. The quantitative estimate of drug-likeness (QED) is 0.852. The SMILES string of the molecule is O=C(O)C1CCCN(S(=O)(=O)C2CCCN(C(=O)c3ccccc3)C2)C1. The van der Waals surface area contributed by atoms with Gasteiger partial charge in [-0.1, -0.05) is 18.2 Å². The van der Waals surface area contributed by atoms with E-state index in [1.165, 1.54) is 4.31 Å². The average Bonchev–Trinajstić information content (AvgIpc) is 2.68. The van der Waals surface area contributed by atoms with Crippen molar-refractivity contribution in [3.8, 4) is 0 Å². The van der Waals surface area contributed by atoms with Crippen LogP contribution in [-0.4, -0.2) is 66.0 Å². The Morgan fingerprint density at radius 2 is 1.69 bits per heavy atom. The molecule has 142 valence electrons. The summed E-state index contributed by atoms with van der Waals surface area (Å²) in [5.74, 6) is -1.76. The molecule has 2 unspecified atom stereocenters. The minimum atomic E-state index is -3.62. The molecule has 1 N–H and O–H groups in total. The smallest absolute Gasteiger partial charge is 0.307 e. The van der Waals surface area contributed by atoms with Crippen LogP contribution < -0.4 is 0 Å². The second kappa shape index (κ2) is 7.75. The Hall–Kier alpha value is -1.93. The molecule has 3 rings (SSSR count). The van der Waals surface area contributed by atoms with Crippen molar-refractivity contribution in [1.82, 2.24) is 9.21 Å². The van der Waals surface area contributed by atoms with Crippen molar-refractivity contribution in [2.75, 3.05) is 26.2 Å². The van der Waals surface area contributed by atoms with Crippen LogP contribution in [0.4, 0.5) is 0 Å². The standard InChI is InChI=1S/C18H24N2O5S/c21-17(14-6-2-1-3-7-14)19-10-5-9-16(13-19)26(24,25)20-11-4-8-15(12-20)18(22)23/h1-3,6-7,15-16H,4-5,8-13H2,(H,22,23). The Bertz CT molecular complexity index is 765. The normalized spacial score (nSPS) is 25.0. The number of amides is 1. The number of sulfonamides is 1. The summed E-state index contributed by atoms with van der Waals surface area (Å²) in [7, 11) is -3.62.